The number of hydrogen-bond donors (Lipinski definition) is 2. The Labute approximate surface area is 95.1 Å². The van der Waals surface area contributed by atoms with Crippen LogP contribution in [0.5, 0.6) is 0 Å². The van der Waals surface area contributed by atoms with Gasteiger partial charge in [0, 0.05) is 39.2 Å². The van der Waals surface area contributed by atoms with E-state index in [0.29, 0.717) is 38.7 Å². The molecule has 1 heterocycles. The van der Waals surface area contributed by atoms with Gasteiger partial charge in [-0.3, -0.25) is 9.59 Å². The first-order valence-corrected chi connectivity index (χ1v) is 5.45. The average Bonchev–Trinajstić information content (AvgIpc) is 2.74. The zero-order chi connectivity index (χ0) is 12.0. The van der Waals surface area contributed by atoms with Gasteiger partial charge in [0.2, 0.25) is 0 Å². The second-order valence-electron chi connectivity index (χ2n) is 3.91. The number of nitrogens with two attached hydrogens (primary N) is 1. The van der Waals surface area contributed by atoms with Crippen LogP contribution >= 0.6 is 0 Å². The summed E-state index contributed by atoms with van der Waals surface area (Å²) in [6.07, 6.45) is 0.893. The topological polar surface area (TPSA) is 84.7 Å². The van der Waals surface area contributed by atoms with Gasteiger partial charge in [0.15, 0.2) is 0 Å². The highest BCUT2D eigenvalue weighted by Gasteiger charge is 2.29. The second kappa shape index (κ2) is 6.44. The maximum atomic E-state index is 11.6. The Hall–Kier alpha value is -1.14. The summed E-state index contributed by atoms with van der Waals surface area (Å²) in [4.78, 5) is 24.6. The van der Waals surface area contributed by atoms with Crippen molar-refractivity contribution in [3.8, 4) is 0 Å². The van der Waals surface area contributed by atoms with Gasteiger partial charge in [-0.2, -0.15) is 0 Å². The van der Waals surface area contributed by atoms with E-state index in [1.807, 2.05) is 0 Å². The molecule has 0 aromatic heterocycles. The fourth-order valence-corrected chi connectivity index (χ4v) is 1.79. The Morgan fingerprint density at radius 3 is 2.94 bits per heavy atom. The number of carbonyl (C=O) groups excluding carboxylic acids is 2. The maximum Gasteiger partial charge on any atom is 0.311 e. The highest BCUT2D eigenvalue weighted by molar-refractivity contribution is 6.35. The molecule has 6 nitrogen and oxygen atoms in total. The van der Waals surface area contributed by atoms with Crippen molar-refractivity contribution in [1.29, 1.82) is 0 Å². The minimum Gasteiger partial charge on any atom is -0.384 e. The molecule has 6 heteroatoms. The van der Waals surface area contributed by atoms with Crippen molar-refractivity contribution in [2.75, 3.05) is 39.9 Å². The van der Waals surface area contributed by atoms with Crippen LogP contribution in [0.15, 0.2) is 0 Å². The van der Waals surface area contributed by atoms with Crippen LogP contribution in [0.4, 0.5) is 0 Å². The first kappa shape index (κ1) is 12.9. The molecule has 0 aliphatic carbocycles. The zero-order valence-electron chi connectivity index (χ0n) is 9.57. The van der Waals surface area contributed by atoms with Crippen LogP contribution in [0.25, 0.3) is 0 Å². The van der Waals surface area contributed by atoms with Crippen LogP contribution in [0.2, 0.25) is 0 Å². The molecular formula is C10H19N3O3. The molecule has 1 unspecified atom stereocenters. The van der Waals surface area contributed by atoms with Crippen LogP contribution in [-0.4, -0.2) is 56.6 Å². The highest BCUT2D eigenvalue weighted by atomic mass is 16.5. The number of hydrogen-bond acceptors (Lipinski definition) is 4. The van der Waals surface area contributed by atoms with E-state index in [4.69, 9.17) is 10.5 Å². The minimum absolute atomic E-state index is 0.333. The molecule has 2 amide bonds. The van der Waals surface area contributed by atoms with E-state index in [1.165, 1.54) is 0 Å². The molecule has 0 spiro atoms. The molecule has 16 heavy (non-hydrogen) atoms. The number of carbonyl (C=O) groups is 2. The van der Waals surface area contributed by atoms with Crippen LogP contribution in [0.1, 0.15) is 6.42 Å². The van der Waals surface area contributed by atoms with Crippen molar-refractivity contribution in [3.05, 3.63) is 0 Å². The van der Waals surface area contributed by atoms with Crippen molar-refractivity contribution in [3.63, 3.8) is 0 Å². The maximum absolute atomic E-state index is 11.6. The highest BCUT2D eigenvalue weighted by Crippen LogP contribution is 2.16. The molecule has 0 bridgehead atoms. The van der Waals surface area contributed by atoms with Crippen LogP contribution in [-0.2, 0) is 14.3 Å². The molecule has 1 aliphatic heterocycles. The lowest BCUT2D eigenvalue weighted by atomic mass is 10.1. The number of nitrogens with zero attached hydrogens (tertiary/aromatic N) is 1. The molecule has 0 aromatic carbocycles. The van der Waals surface area contributed by atoms with E-state index in [-0.39, 0.29) is 0 Å². The normalized spacial score (nSPS) is 19.9. The fourth-order valence-electron chi connectivity index (χ4n) is 1.79. The molecule has 1 saturated heterocycles. The number of rotatable bonds is 4. The molecule has 92 valence electrons. The standard InChI is InChI=1S/C10H19N3O3/c1-16-7-8-2-5-13(6-8)10(15)9(14)12-4-3-11/h8H,2-7,11H2,1H3,(H,12,14). The third kappa shape index (κ3) is 3.46. The Balaban J connectivity index is 2.35. The van der Waals surface area contributed by atoms with Gasteiger partial charge in [0.1, 0.15) is 0 Å². The number of methoxy groups -OCH3 is 1. The lowest BCUT2D eigenvalue weighted by Gasteiger charge is -2.15. The lowest BCUT2D eigenvalue weighted by molar-refractivity contribution is -0.145. The van der Waals surface area contributed by atoms with Gasteiger partial charge in [0.05, 0.1) is 6.61 Å². The van der Waals surface area contributed by atoms with Crippen LogP contribution in [0.3, 0.4) is 0 Å². The third-order valence-corrected chi connectivity index (χ3v) is 2.60. The van der Waals surface area contributed by atoms with Gasteiger partial charge in [-0.25, -0.2) is 0 Å². The summed E-state index contributed by atoms with van der Waals surface area (Å²) >= 11 is 0. The van der Waals surface area contributed by atoms with Crippen molar-refractivity contribution in [1.82, 2.24) is 10.2 Å². The Morgan fingerprint density at radius 1 is 1.56 bits per heavy atom. The molecule has 3 N–H and O–H groups in total. The SMILES string of the molecule is COCC1CCN(C(=O)C(=O)NCCN)C1. The summed E-state index contributed by atoms with van der Waals surface area (Å²) in [5.74, 6) is -0.688. The summed E-state index contributed by atoms with van der Waals surface area (Å²) in [5, 5.41) is 2.47. The summed E-state index contributed by atoms with van der Waals surface area (Å²) in [6, 6.07) is 0. The van der Waals surface area contributed by atoms with E-state index >= 15 is 0 Å². The average molecular weight is 229 g/mol. The van der Waals surface area contributed by atoms with Gasteiger partial charge in [-0.1, -0.05) is 0 Å². The van der Waals surface area contributed by atoms with Crippen LogP contribution in [0, 0.1) is 5.92 Å². The molecule has 1 atom stereocenters. The lowest BCUT2D eigenvalue weighted by Crippen LogP contribution is -2.43. The third-order valence-electron chi connectivity index (χ3n) is 2.60. The Kier molecular flexibility index (Phi) is 5.21. The Bertz CT molecular complexity index is 258. The zero-order valence-corrected chi connectivity index (χ0v) is 9.57. The van der Waals surface area contributed by atoms with E-state index in [2.05, 4.69) is 5.32 Å². The number of amides is 2. The smallest absolute Gasteiger partial charge is 0.311 e. The van der Waals surface area contributed by atoms with Gasteiger partial charge >= 0.3 is 11.8 Å². The van der Waals surface area contributed by atoms with Gasteiger partial charge in [-0.05, 0) is 6.42 Å². The fraction of sp³-hybridized carbons (Fsp3) is 0.800. The molecular weight excluding hydrogens is 210 g/mol. The number of ether oxygens (including phenoxy) is 1. The summed E-state index contributed by atoms with van der Waals surface area (Å²) in [7, 11) is 1.64. The minimum atomic E-state index is -0.566. The van der Waals surface area contributed by atoms with Crippen molar-refractivity contribution < 1.29 is 14.3 Å². The molecule has 1 fully saturated rings. The Morgan fingerprint density at radius 2 is 2.31 bits per heavy atom. The molecule has 1 aliphatic rings. The van der Waals surface area contributed by atoms with E-state index < -0.39 is 11.8 Å². The van der Waals surface area contributed by atoms with E-state index in [1.54, 1.807) is 12.0 Å². The summed E-state index contributed by atoms with van der Waals surface area (Å²) in [6.45, 7) is 2.53. The van der Waals surface area contributed by atoms with Gasteiger partial charge in [0.25, 0.3) is 0 Å². The predicted molar refractivity (Wildman–Crippen MR) is 58.6 cm³/mol. The van der Waals surface area contributed by atoms with Gasteiger partial charge < -0.3 is 20.7 Å². The number of nitrogens with one attached hydrogen (secondary N) is 1. The van der Waals surface area contributed by atoms with Crippen molar-refractivity contribution in [2.24, 2.45) is 11.7 Å². The first-order chi connectivity index (χ1) is 7.69. The monoisotopic (exact) mass is 229 g/mol. The quantitative estimate of drug-likeness (QED) is 0.578. The van der Waals surface area contributed by atoms with E-state index in [9.17, 15) is 9.59 Å². The molecule has 1 rings (SSSR count). The summed E-state index contributed by atoms with van der Waals surface area (Å²) < 4.78 is 5.02. The largest absolute Gasteiger partial charge is 0.384 e. The molecule has 0 radical (unpaired) electrons. The van der Waals surface area contributed by atoms with Gasteiger partial charge in [-0.15, -0.1) is 0 Å². The first-order valence-electron chi connectivity index (χ1n) is 5.45. The number of likely N-dealkylation sites (tertiary alicyclic amines) is 1. The van der Waals surface area contributed by atoms with Crippen LogP contribution < -0.4 is 11.1 Å². The molecule has 0 aromatic rings. The molecule has 0 saturated carbocycles. The second-order valence-corrected chi connectivity index (χ2v) is 3.91. The predicted octanol–water partition coefficient (Wildman–Crippen LogP) is -1.44. The van der Waals surface area contributed by atoms with E-state index in [0.717, 1.165) is 6.42 Å². The van der Waals surface area contributed by atoms with Crippen molar-refractivity contribution >= 4 is 11.8 Å². The summed E-state index contributed by atoms with van der Waals surface area (Å²) in [5.41, 5.74) is 5.24. The van der Waals surface area contributed by atoms with Crippen molar-refractivity contribution in [2.45, 2.75) is 6.42 Å².